The van der Waals surface area contributed by atoms with Crippen LogP contribution in [0.5, 0.6) is 0 Å². The number of carbonyl (C=O) groups is 2. The summed E-state index contributed by atoms with van der Waals surface area (Å²) < 4.78 is 12.4. The highest BCUT2D eigenvalue weighted by molar-refractivity contribution is 6.00. The second kappa shape index (κ2) is 5.47. The molecule has 0 aromatic heterocycles. The zero-order valence-corrected chi connectivity index (χ0v) is 11.7. The number of rotatable bonds is 6. The molecule has 0 aromatic rings. The van der Waals surface area contributed by atoms with E-state index < -0.39 is 18.3 Å². The van der Waals surface area contributed by atoms with Gasteiger partial charge in [-0.05, 0) is 38.5 Å². The summed E-state index contributed by atoms with van der Waals surface area (Å²) in [7, 11) is 0. The highest BCUT2D eigenvalue weighted by Gasteiger charge is 2.54. The van der Waals surface area contributed by atoms with E-state index in [2.05, 4.69) is 5.32 Å². The van der Waals surface area contributed by atoms with Crippen molar-refractivity contribution in [2.24, 2.45) is 5.92 Å². The molecule has 0 spiro atoms. The Labute approximate surface area is 113 Å². The lowest BCUT2D eigenvalue weighted by Crippen LogP contribution is -2.70. The zero-order valence-electron chi connectivity index (χ0n) is 11.7. The third-order valence-corrected chi connectivity index (χ3v) is 4.26. The lowest BCUT2D eigenvalue weighted by atomic mass is 9.88. The number of carbonyl (C=O) groups excluding carboxylic acids is 2. The maximum absolute atomic E-state index is 12.7. The van der Waals surface area contributed by atoms with Crippen molar-refractivity contribution >= 4 is 11.8 Å². The van der Waals surface area contributed by atoms with Crippen LogP contribution in [-0.4, -0.2) is 41.5 Å². The van der Waals surface area contributed by atoms with Crippen LogP contribution in [0.4, 0.5) is 4.39 Å². The van der Waals surface area contributed by atoms with E-state index in [1.54, 1.807) is 4.90 Å². The topological polar surface area (TPSA) is 49.4 Å². The van der Waals surface area contributed by atoms with Crippen LogP contribution in [0.2, 0.25) is 0 Å². The summed E-state index contributed by atoms with van der Waals surface area (Å²) in [6.45, 7) is 3.69. The molecule has 108 valence electrons. The molecular formula is C14H23FN2O2. The van der Waals surface area contributed by atoms with Crippen molar-refractivity contribution in [2.45, 2.75) is 57.5 Å². The number of hydrogen-bond acceptors (Lipinski definition) is 2. The molecule has 5 heteroatoms. The van der Waals surface area contributed by atoms with Crippen LogP contribution in [0.25, 0.3) is 0 Å². The van der Waals surface area contributed by atoms with Crippen molar-refractivity contribution in [3.8, 4) is 0 Å². The van der Waals surface area contributed by atoms with E-state index in [0.717, 1.165) is 19.3 Å². The lowest BCUT2D eigenvalue weighted by Gasteiger charge is -2.44. The van der Waals surface area contributed by atoms with Crippen LogP contribution < -0.4 is 5.32 Å². The molecule has 2 rings (SSSR count). The van der Waals surface area contributed by atoms with Crippen molar-refractivity contribution in [1.82, 2.24) is 10.2 Å². The maximum Gasteiger partial charge on any atom is 0.249 e. The van der Waals surface area contributed by atoms with Crippen molar-refractivity contribution < 1.29 is 14.0 Å². The summed E-state index contributed by atoms with van der Waals surface area (Å²) in [5.74, 6) is 0.149. The molecule has 0 aromatic carbocycles. The van der Waals surface area contributed by atoms with E-state index in [1.165, 1.54) is 0 Å². The Kier molecular flexibility index (Phi) is 4.11. The van der Waals surface area contributed by atoms with Gasteiger partial charge < -0.3 is 10.2 Å². The van der Waals surface area contributed by atoms with Crippen LogP contribution in [0.1, 0.15) is 46.0 Å². The predicted octanol–water partition coefficient (Wildman–Crippen LogP) is 1.64. The molecule has 1 aliphatic carbocycles. The molecule has 2 unspecified atom stereocenters. The first kappa shape index (κ1) is 14.3. The third kappa shape index (κ3) is 2.60. The van der Waals surface area contributed by atoms with Crippen molar-refractivity contribution in [3.63, 3.8) is 0 Å². The van der Waals surface area contributed by atoms with E-state index in [4.69, 9.17) is 0 Å². The fraction of sp³-hybridized carbons (Fsp3) is 0.857. The van der Waals surface area contributed by atoms with Gasteiger partial charge >= 0.3 is 0 Å². The molecule has 1 saturated heterocycles. The molecule has 1 aliphatic heterocycles. The first-order valence-electron chi connectivity index (χ1n) is 7.23. The van der Waals surface area contributed by atoms with Gasteiger partial charge in [-0.3, -0.25) is 14.0 Å². The summed E-state index contributed by atoms with van der Waals surface area (Å²) in [6, 6.07) is -0.420. The standard InChI is InChI=1S/C14H23FN2O2/c1-3-5-11-12(18)16-14(2,10-6-7-10)13(19)17(11)9-4-8-15/h10-11H,3-9H2,1-2H3,(H,16,18). The fourth-order valence-electron chi connectivity index (χ4n) is 2.96. The zero-order chi connectivity index (χ0) is 14.0. The number of amides is 2. The van der Waals surface area contributed by atoms with E-state index in [9.17, 15) is 14.0 Å². The Morgan fingerprint density at radius 2 is 2.11 bits per heavy atom. The molecule has 4 nitrogen and oxygen atoms in total. The quantitative estimate of drug-likeness (QED) is 0.797. The lowest BCUT2D eigenvalue weighted by molar-refractivity contribution is -0.155. The molecule has 0 radical (unpaired) electrons. The molecule has 19 heavy (non-hydrogen) atoms. The van der Waals surface area contributed by atoms with Crippen LogP contribution in [0.3, 0.4) is 0 Å². The van der Waals surface area contributed by atoms with Crippen molar-refractivity contribution in [1.29, 1.82) is 0 Å². The minimum atomic E-state index is -0.766. The van der Waals surface area contributed by atoms with Gasteiger partial charge in [0.2, 0.25) is 11.8 Å². The van der Waals surface area contributed by atoms with Gasteiger partial charge in [0.25, 0.3) is 0 Å². The van der Waals surface area contributed by atoms with Gasteiger partial charge in [-0.1, -0.05) is 13.3 Å². The van der Waals surface area contributed by atoms with E-state index >= 15 is 0 Å². The molecule has 2 amide bonds. The number of alkyl halides is 1. The Morgan fingerprint density at radius 3 is 2.63 bits per heavy atom. The molecule has 0 bridgehead atoms. The van der Waals surface area contributed by atoms with Gasteiger partial charge in [-0.15, -0.1) is 0 Å². The number of piperazine rings is 1. The van der Waals surface area contributed by atoms with Crippen molar-refractivity contribution in [2.75, 3.05) is 13.2 Å². The molecule has 2 aliphatic rings. The molecule has 1 saturated carbocycles. The van der Waals surface area contributed by atoms with Crippen LogP contribution in [-0.2, 0) is 9.59 Å². The first-order chi connectivity index (χ1) is 9.04. The third-order valence-electron chi connectivity index (χ3n) is 4.26. The number of halogens is 1. The van der Waals surface area contributed by atoms with Gasteiger partial charge in [0.15, 0.2) is 0 Å². The van der Waals surface area contributed by atoms with Crippen molar-refractivity contribution in [3.05, 3.63) is 0 Å². The monoisotopic (exact) mass is 270 g/mol. The first-order valence-corrected chi connectivity index (χ1v) is 7.23. The van der Waals surface area contributed by atoms with Gasteiger partial charge in [0, 0.05) is 6.54 Å². The molecule has 2 fully saturated rings. The number of hydrogen-bond donors (Lipinski definition) is 1. The summed E-state index contributed by atoms with van der Waals surface area (Å²) >= 11 is 0. The second-order valence-corrected chi connectivity index (χ2v) is 5.81. The van der Waals surface area contributed by atoms with Gasteiger partial charge in [-0.2, -0.15) is 0 Å². The predicted molar refractivity (Wildman–Crippen MR) is 70.3 cm³/mol. The van der Waals surface area contributed by atoms with E-state index in [-0.39, 0.29) is 17.7 Å². The Balaban J connectivity index is 2.19. The van der Waals surface area contributed by atoms with E-state index in [0.29, 0.717) is 19.4 Å². The molecule has 1 N–H and O–H groups in total. The highest BCUT2D eigenvalue weighted by atomic mass is 19.1. The van der Waals surface area contributed by atoms with Crippen LogP contribution in [0, 0.1) is 5.92 Å². The van der Waals surface area contributed by atoms with Crippen LogP contribution >= 0.6 is 0 Å². The minimum Gasteiger partial charge on any atom is -0.340 e. The summed E-state index contributed by atoms with van der Waals surface area (Å²) in [6.07, 6.45) is 3.75. The highest BCUT2D eigenvalue weighted by Crippen LogP contribution is 2.42. The van der Waals surface area contributed by atoms with Gasteiger partial charge in [0.05, 0.1) is 6.67 Å². The Morgan fingerprint density at radius 1 is 1.42 bits per heavy atom. The summed E-state index contributed by atoms with van der Waals surface area (Å²) in [5, 5.41) is 2.92. The van der Waals surface area contributed by atoms with Crippen LogP contribution in [0.15, 0.2) is 0 Å². The Bertz CT molecular complexity index is 370. The summed E-state index contributed by atoms with van der Waals surface area (Å²) in [4.78, 5) is 26.5. The molecular weight excluding hydrogens is 247 g/mol. The number of nitrogens with zero attached hydrogens (tertiary/aromatic N) is 1. The number of nitrogens with one attached hydrogen (secondary N) is 1. The fourth-order valence-corrected chi connectivity index (χ4v) is 2.96. The minimum absolute atomic E-state index is 0.0264. The average Bonchev–Trinajstić information content (AvgIpc) is 3.20. The smallest absolute Gasteiger partial charge is 0.249 e. The second-order valence-electron chi connectivity index (χ2n) is 5.81. The Hall–Kier alpha value is -1.13. The van der Waals surface area contributed by atoms with Gasteiger partial charge in [-0.25, -0.2) is 0 Å². The van der Waals surface area contributed by atoms with E-state index in [1.807, 2.05) is 13.8 Å². The maximum atomic E-state index is 12.7. The average molecular weight is 270 g/mol. The largest absolute Gasteiger partial charge is 0.340 e. The van der Waals surface area contributed by atoms with Gasteiger partial charge in [0.1, 0.15) is 11.6 Å². The SMILES string of the molecule is CCCC1C(=O)NC(C)(C2CC2)C(=O)N1CCCF. The molecule has 2 atom stereocenters. The summed E-state index contributed by atoms with van der Waals surface area (Å²) in [5.41, 5.74) is -0.766. The molecule has 1 heterocycles. The normalized spacial score (nSPS) is 31.5.